The highest BCUT2D eigenvalue weighted by Crippen LogP contribution is 2.37. The topological polar surface area (TPSA) is 21.3 Å². The second-order valence-corrected chi connectivity index (χ2v) is 6.23. The quantitative estimate of drug-likeness (QED) is 0.886. The van der Waals surface area contributed by atoms with Crippen molar-refractivity contribution < 1.29 is 4.74 Å². The molecule has 1 aliphatic heterocycles. The molecule has 1 atom stereocenters. The normalized spacial score (nSPS) is 30.3. The van der Waals surface area contributed by atoms with Gasteiger partial charge >= 0.3 is 0 Å². The number of ether oxygens (including phenoxy) is 1. The van der Waals surface area contributed by atoms with E-state index in [0.29, 0.717) is 18.1 Å². The fourth-order valence-electron chi connectivity index (χ4n) is 3.14. The van der Waals surface area contributed by atoms with Gasteiger partial charge in [-0.3, -0.25) is 0 Å². The molecule has 2 aliphatic rings. The average molecular weight is 280 g/mol. The molecule has 0 amide bonds. The lowest BCUT2D eigenvalue weighted by Gasteiger charge is -2.36. The van der Waals surface area contributed by atoms with Crippen LogP contribution in [-0.2, 0) is 4.74 Å². The maximum Gasteiger partial charge on any atom is 0.0588 e. The summed E-state index contributed by atoms with van der Waals surface area (Å²) in [5.41, 5.74) is 1.39. The van der Waals surface area contributed by atoms with Crippen LogP contribution in [0.15, 0.2) is 24.3 Å². The van der Waals surface area contributed by atoms with Crippen molar-refractivity contribution in [2.24, 2.45) is 0 Å². The highest BCUT2D eigenvalue weighted by Gasteiger charge is 2.30. The summed E-state index contributed by atoms with van der Waals surface area (Å²) in [6.45, 7) is 2.06. The van der Waals surface area contributed by atoms with Gasteiger partial charge in [0, 0.05) is 17.7 Å². The Kier molecular flexibility index (Phi) is 4.42. The van der Waals surface area contributed by atoms with Crippen molar-refractivity contribution in [2.75, 3.05) is 13.2 Å². The van der Waals surface area contributed by atoms with Crippen molar-refractivity contribution in [1.29, 1.82) is 0 Å². The molecule has 104 valence electrons. The second kappa shape index (κ2) is 6.25. The van der Waals surface area contributed by atoms with E-state index >= 15 is 0 Å². The molecule has 19 heavy (non-hydrogen) atoms. The summed E-state index contributed by atoms with van der Waals surface area (Å²) >= 11 is 6.03. The Morgan fingerprint density at radius 1 is 1.32 bits per heavy atom. The highest BCUT2D eigenvalue weighted by atomic mass is 35.5. The number of halogens is 1. The SMILES string of the molecule is Clc1cccc(C2CC(NCCC3CCCO3)C2)c1. The third-order valence-corrected chi connectivity index (χ3v) is 4.62. The summed E-state index contributed by atoms with van der Waals surface area (Å²) in [6.07, 6.45) is 6.65. The van der Waals surface area contributed by atoms with Gasteiger partial charge in [0.2, 0.25) is 0 Å². The van der Waals surface area contributed by atoms with Crippen LogP contribution in [0.3, 0.4) is 0 Å². The molecule has 1 unspecified atom stereocenters. The van der Waals surface area contributed by atoms with E-state index in [1.807, 2.05) is 6.07 Å². The molecular formula is C16H22ClNO. The maximum absolute atomic E-state index is 6.03. The molecule has 2 fully saturated rings. The van der Waals surface area contributed by atoms with E-state index in [9.17, 15) is 0 Å². The van der Waals surface area contributed by atoms with E-state index in [2.05, 4.69) is 23.5 Å². The molecule has 1 aromatic rings. The van der Waals surface area contributed by atoms with Gasteiger partial charge in [-0.2, -0.15) is 0 Å². The number of rotatable bonds is 5. The maximum atomic E-state index is 6.03. The minimum atomic E-state index is 0.510. The minimum absolute atomic E-state index is 0.510. The average Bonchev–Trinajstić information content (AvgIpc) is 2.85. The highest BCUT2D eigenvalue weighted by molar-refractivity contribution is 6.30. The first kappa shape index (κ1) is 13.4. The number of hydrogen-bond acceptors (Lipinski definition) is 2. The molecule has 0 radical (unpaired) electrons. The van der Waals surface area contributed by atoms with Crippen LogP contribution in [0.25, 0.3) is 0 Å². The molecule has 1 aliphatic carbocycles. The Bertz CT molecular complexity index is 411. The van der Waals surface area contributed by atoms with Crippen LogP contribution in [0.2, 0.25) is 5.02 Å². The molecule has 0 aromatic heterocycles. The first-order chi connectivity index (χ1) is 9.31. The van der Waals surface area contributed by atoms with Gasteiger partial charge in [-0.05, 0) is 62.3 Å². The minimum Gasteiger partial charge on any atom is -0.378 e. The van der Waals surface area contributed by atoms with Crippen molar-refractivity contribution in [2.45, 2.75) is 50.2 Å². The van der Waals surface area contributed by atoms with Gasteiger partial charge in [0.1, 0.15) is 0 Å². The van der Waals surface area contributed by atoms with E-state index < -0.39 is 0 Å². The summed E-state index contributed by atoms with van der Waals surface area (Å²) in [4.78, 5) is 0. The lowest BCUT2D eigenvalue weighted by Crippen LogP contribution is -2.41. The molecule has 3 heteroatoms. The Hall–Kier alpha value is -0.570. The van der Waals surface area contributed by atoms with Crippen LogP contribution in [0.1, 0.15) is 43.6 Å². The third kappa shape index (κ3) is 3.50. The predicted molar refractivity (Wildman–Crippen MR) is 78.8 cm³/mol. The first-order valence-electron chi connectivity index (χ1n) is 7.42. The Labute approximate surface area is 120 Å². The summed E-state index contributed by atoms with van der Waals surface area (Å²) < 4.78 is 5.64. The Morgan fingerprint density at radius 2 is 2.21 bits per heavy atom. The van der Waals surface area contributed by atoms with Crippen molar-refractivity contribution in [3.8, 4) is 0 Å². The number of hydrogen-bond donors (Lipinski definition) is 1. The Balaban J connectivity index is 1.36. The molecule has 1 heterocycles. The molecule has 3 rings (SSSR count). The molecule has 1 N–H and O–H groups in total. The predicted octanol–water partition coefficient (Wildman–Crippen LogP) is 3.74. The Morgan fingerprint density at radius 3 is 2.95 bits per heavy atom. The van der Waals surface area contributed by atoms with Crippen molar-refractivity contribution >= 4 is 11.6 Å². The van der Waals surface area contributed by atoms with Crippen LogP contribution in [0, 0.1) is 0 Å². The smallest absolute Gasteiger partial charge is 0.0588 e. The zero-order chi connectivity index (χ0) is 13.1. The fourth-order valence-corrected chi connectivity index (χ4v) is 3.34. The monoisotopic (exact) mass is 279 g/mol. The fraction of sp³-hybridized carbons (Fsp3) is 0.625. The van der Waals surface area contributed by atoms with Gasteiger partial charge in [0.15, 0.2) is 0 Å². The lowest BCUT2D eigenvalue weighted by molar-refractivity contribution is 0.102. The van der Waals surface area contributed by atoms with Gasteiger partial charge in [-0.25, -0.2) is 0 Å². The molecule has 0 bridgehead atoms. The van der Waals surface area contributed by atoms with Crippen molar-refractivity contribution in [1.82, 2.24) is 5.32 Å². The van der Waals surface area contributed by atoms with Crippen LogP contribution >= 0.6 is 11.6 Å². The van der Waals surface area contributed by atoms with Crippen LogP contribution in [0.4, 0.5) is 0 Å². The van der Waals surface area contributed by atoms with Gasteiger partial charge < -0.3 is 10.1 Å². The molecule has 1 saturated heterocycles. The van der Waals surface area contributed by atoms with E-state index in [1.165, 1.54) is 37.7 Å². The van der Waals surface area contributed by atoms with Gasteiger partial charge in [0.25, 0.3) is 0 Å². The zero-order valence-electron chi connectivity index (χ0n) is 11.3. The van der Waals surface area contributed by atoms with Crippen LogP contribution in [-0.4, -0.2) is 25.3 Å². The van der Waals surface area contributed by atoms with Gasteiger partial charge in [-0.1, -0.05) is 23.7 Å². The summed E-state index contributed by atoms with van der Waals surface area (Å²) in [6, 6.07) is 8.98. The standard InChI is InChI=1S/C16H22ClNO/c17-14-4-1-3-12(9-14)13-10-15(11-13)18-7-6-16-5-2-8-19-16/h1,3-4,9,13,15-16,18H,2,5-8,10-11H2. The summed E-state index contributed by atoms with van der Waals surface area (Å²) in [7, 11) is 0. The number of nitrogens with one attached hydrogen (secondary N) is 1. The van der Waals surface area contributed by atoms with Crippen LogP contribution in [0.5, 0.6) is 0 Å². The van der Waals surface area contributed by atoms with Crippen molar-refractivity contribution in [3.05, 3.63) is 34.9 Å². The number of benzene rings is 1. The largest absolute Gasteiger partial charge is 0.378 e. The molecule has 2 nitrogen and oxygen atoms in total. The molecule has 1 saturated carbocycles. The van der Waals surface area contributed by atoms with Gasteiger partial charge in [0.05, 0.1) is 6.10 Å². The molecule has 0 spiro atoms. The second-order valence-electron chi connectivity index (χ2n) is 5.80. The summed E-state index contributed by atoms with van der Waals surface area (Å²) in [5, 5.41) is 4.50. The summed E-state index contributed by atoms with van der Waals surface area (Å²) in [5.74, 6) is 0.693. The van der Waals surface area contributed by atoms with Crippen molar-refractivity contribution in [3.63, 3.8) is 0 Å². The van der Waals surface area contributed by atoms with E-state index in [4.69, 9.17) is 16.3 Å². The lowest BCUT2D eigenvalue weighted by atomic mass is 9.76. The van der Waals surface area contributed by atoms with Crippen LogP contribution < -0.4 is 5.32 Å². The first-order valence-corrected chi connectivity index (χ1v) is 7.79. The molecule has 1 aromatic carbocycles. The molecular weight excluding hydrogens is 258 g/mol. The van der Waals surface area contributed by atoms with E-state index in [1.54, 1.807) is 0 Å². The third-order valence-electron chi connectivity index (χ3n) is 4.38. The van der Waals surface area contributed by atoms with Gasteiger partial charge in [-0.15, -0.1) is 0 Å². The van der Waals surface area contributed by atoms with E-state index in [-0.39, 0.29) is 0 Å². The zero-order valence-corrected chi connectivity index (χ0v) is 12.0. The van der Waals surface area contributed by atoms with E-state index in [0.717, 1.165) is 18.2 Å².